The number of carboxylic acid groups (broad SMARTS) is 1. The molecule has 0 spiro atoms. The van der Waals surface area contributed by atoms with Gasteiger partial charge in [0.05, 0.1) is 10.4 Å². The van der Waals surface area contributed by atoms with Gasteiger partial charge in [-0.1, -0.05) is 23.4 Å². The Balaban J connectivity index is 2.21. The maximum atomic E-state index is 11.1. The van der Waals surface area contributed by atoms with Crippen LogP contribution in [0, 0.1) is 0 Å². The van der Waals surface area contributed by atoms with Crippen LogP contribution in [0.3, 0.4) is 0 Å². The van der Waals surface area contributed by atoms with Crippen LogP contribution in [-0.4, -0.2) is 32.1 Å². The minimum atomic E-state index is -0.963. The third kappa shape index (κ3) is 2.96. The quantitative estimate of drug-likeness (QED) is 0.732. The maximum absolute atomic E-state index is 11.1. The number of amidine groups is 1. The lowest BCUT2D eigenvalue weighted by molar-refractivity contribution is -0.138. The number of benzene rings is 1. The number of phenols is 1. The number of thioether (sulfide) groups is 1. The van der Waals surface area contributed by atoms with Crippen molar-refractivity contribution in [2.75, 3.05) is 5.32 Å². The van der Waals surface area contributed by atoms with Crippen molar-refractivity contribution in [3.8, 4) is 5.75 Å². The standard InChI is InChI=1S/C12H13ClN2O3S/c1-12(2)9(10(17)18)15-11(19-12)14-7-4-3-6(13)5-8(7)16/h3-5,9,16H,1-2H3,(H,14,15)(H,17,18). The van der Waals surface area contributed by atoms with E-state index in [9.17, 15) is 9.90 Å². The summed E-state index contributed by atoms with van der Waals surface area (Å²) >= 11 is 7.07. The molecule has 3 N–H and O–H groups in total. The number of anilines is 1. The van der Waals surface area contributed by atoms with Crippen LogP contribution in [0.15, 0.2) is 23.2 Å². The minimum absolute atomic E-state index is 0.00705. The van der Waals surface area contributed by atoms with Crippen LogP contribution < -0.4 is 5.32 Å². The second-order valence-corrected chi connectivity index (χ2v) is 6.75. The number of carbonyl (C=O) groups is 1. The van der Waals surface area contributed by atoms with Crippen molar-refractivity contribution in [2.24, 2.45) is 4.99 Å². The average Bonchev–Trinajstić information content (AvgIpc) is 2.58. The van der Waals surface area contributed by atoms with Gasteiger partial charge in [-0.3, -0.25) is 0 Å². The summed E-state index contributed by atoms with van der Waals surface area (Å²) in [4.78, 5) is 15.2. The van der Waals surface area contributed by atoms with E-state index in [1.54, 1.807) is 12.1 Å². The van der Waals surface area contributed by atoms with Crippen LogP contribution in [0.5, 0.6) is 5.75 Å². The predicted molar refractivity (Wildman–Crippen MR) is 77.3 cm³/mol. The van der Waals surface area contributed by atoms with Crippen molar-refractivity contribution < 1.29 is 15.0 Å². The highest BCUT2D eigenvalue weighted by molar-refractivity contribution is 8.15. The molecular formula is C12H13ClN2O3S. The van der Waals surface area contributed by atoms with Crippen molar-refractivity contribution in [2.45, 2.75) is 24.6 Å². The summed E-state index contributed by atoms with van der Waals surface area (Å²) in [6.07, 6.45) is 0. The molecule has 0 aliphatic carbocycles. The van der Waals surface area contributed by atoms with Crippen molar-refractivity contribution in [3.63, 3.8) is 0 Å². The molecule has 19 heavy (non-hydrogen) atoms. The van der Waals surface area contributed by atoms with Crippen molar-refractivity contribution >= 4 is 40.2 Å². The highest BCUT2D eigenvalue weighted by atomic mass is 35.5. The number of phenolic OH excluding ortho intramolecular Hbond substituents is 1. The van der Waals surface area contributed by atoms with Crippen LogP contribution in [0.2, 0.25) is 5.02 Å². The second kappa shape index (κ2) is 4.94. The number of hydrogen-bond acceptors (Lipinski definition) is 5. The van der Waals surface area contributed by atoms with E-state index in [-0.39, 0.29) is 5.75 Å². The van der Waals surface area contributed by atoms with E-state index in [0.717, 1.165) is 0 Å². The van der Waals surface area contributed by atoms with Crippen LogP contribution in [0.4, 0.5) is 5.69 Å². The fraction of sp³-hybridized carbons (Fsp3) is 0.333. The molecule has 0 amide bonds. The van der Waals surface area contributed by atoms with Gasteiger partial charge in [0.1, 0.15) is 5.75 Å². The van der Waals surface area contributed by atoms with Gasteiger partial charge >= 0.3 is 5.97 Å². The predicted octanol–water partition coefficient (Wildman–Crippen LogP) is 2.79. The Bertz CT molecular complexity index is 560. The van der Waals surface area contributed by atoms with Gasteiger partial charge in [-0.05, 0) is 26.0 Å². The molecule has 0 radical (unpaired) electrons. The number of halogens is 1. The lowest BCUT2D eigenvalue weighted by Crippen LogP contribution is -2.34. The van der Waals surface area contributed by atoms with E-state index in [1.807, 2.05) is 13.8 Å². The van der Waals surface area contributed by atoms with Crippen molar-refractivity contribution in [1.82, 2.24) is 0 Å². The monoisotopic (exact) mass is 300 g/mol. The van der Waals surface area contributed by atoms with E-state index in [2.05, 4.69) is 10.3 Å². The zero-order valence-corrected chi connectivity index (χ0v) is 11.9. The normalized spacial score (nSPS) is 21.0. The molecule has 0 saturated carbocycles. The van der Waals surface area contributed by atoms with Crippen LogP contribution in [0.1, 0.15) is 13.8 Å². The fourth-order valence-corrected chi connectivity index (χ4v) is 2.99. The first kappa shape index (κ1) is 14.0. The first-order chi connectivity index (χ1) is 8.79. The van der Waals surface area contributed by atoms with E-state index in [4.69, 9.17) is 16.7 Å². The van der Waals surface area contributed by atoms with Gasteiger partial charge in [0, 0.05) is 11.1 Å². The molecule has 2 rings (SSSR count). The molecule has 1 unspecified atom stereocenters. The molecule has 0 aromatic heterocycles. The summed E-state index contributed by atoms with van der Waals surface area (Å²) in [6.45, 7) is 3.63. The van der Waals surface area contributed by atoms with Gasteiger partial charge in [0.25, 0.3) is 0 Å². The Hall–Kier alpha value is -1.40. The maximum Gasteiger partial charge on any atom is 0.329 e. The fourth-order valence-electron chi connectivity index (χ4n) is 1.74. The number of carboxylic acids is 1. The second-order valence-electron chi connectivity index (χ2n) is 4.67. The lowest BCUT2D eigenvalue weighted by Gasteiger charge is -2.20. The Kier molecular flexibility index (Phi) is 3.64. The largest absolute Gasteiger partial charge is 0.506 e. The van der Waals surface area contributed by atoms with E-state index in [1.165, 1.54) is 17.8 Å². The number of hydrogen-bond donors (Lipinski definition) is 3. The van der Waals surface area contributed by atoms with Gasteiger partial charge in [0.15, 0.2) is 11.2 Å². The van der Waals surface area contributed by atoms with Crippen LogP contribution in [0.25, 0.3) is 0 Å². The summed E-state index contributed by atoms with van der Waals surface area (Å²) in [5.41, 5.74) is 0.442. The summed E-state index contributed by atoms with van der Waals surface area (Å²) in [5, 5.41) is 22.6. The third-order valence-electron chi connectivity index (χ3n) is 2.70. The van der Waals surface area contributed by atoms with Crippen LogP contribution in [-0.2, 0) is 4.79 Å². The molecule has 1 aromatic carbocycles. The molecule has 7 heteroatoms. The molecule has 0 saturated heterocycles. The number of nitrogens with one attached hydrogen (secondary N) is 1. The topological polar surface area (TPSA) is 81.9 Å². The molecule has 0 fully saturated rings. The summed E-state index contributed by atoms with van der Waals surface area (Å²) in [7, 11) is 0. The van der Waals surface area contributed by atoms with Crippen LogP contribution >= 0.6 is 23.4 Å². The highest BCUT2D eigenvalue weighted by Crippen LogP contribution is 2.39. The lowest BCUT2D eigenvalue weighted by atomic mass is 10.0. The number of aromatic hydroxyl groups is 1. The smallest absolute Gasteiger partial charge is 0.329 e. The molecule has 102 valence electrons. The first-order valence-corrected chi connectivity index (χ1v) is 6.74. The first-order valence-electron chi connectivity index (χ1n) is 5.55. The van der Waals surface area contributed by atoms with E-state index < -0.39 is 16.8 Å². The summed E-state index contributed by atoms with van der Waals surface area (Å²) in [5.74, 6) is -0.970. The van der Waals surface area contributed by atoms with Crippen molar-refractivity contribution in [1.29, 1.82) is 0 Å². The molecule has 1 heterocycles. The van der Waals surface area contributed by atoms with Gasteiger partial charge in [-0.2, -0.15) is 0 Å². The van der Waals surface area contributed by atoms with Crippen molar-refractivity contribution in [3.05, 3.63) is 23.2 Å². The Morgan fingerprint density at radius 1 is 1.53 bits per heavy atom. The number of nitrogens with zero attached hydrogens (tertiary/aromatic N) is 1. The molecule has 1 aromatic rings. The number of aliphatic carboxylic acids is 1. The SMILES string of the molecule is CC1(C)SC(Nc2ccc(Cl)cc2O)=NC1C(=O)O. The van der Waals surface area contributed by atoms with Gasteiger partial charge in [-0.15, -0.1) is 0 Å². The summed E-state index contributed by atoms with van der Waals surface area (Å²) in [6, 6.07) is 3.84. The molecule has 1 atom stereocenters. The highest BCUT2D eigenvalue weighted by Gasteiger charge is 2.42. The Labute approximate surface area is 119 Å². The van der Waals surface area contributed by atoms with Gasteiger partial charge in [-0.25, -0.2) is 9.79 Å². The number of rotatable bonds is 2. The molecule has 5 nitrogen and oxygen atoms in total. The molecule has 0 bridgehead atoms. The van der Waals surface area contributed by atoms with E-state index >= 15 is 0 Å². The third-order valence-corrected chi connectivity index (χ3v) is 4.09. The average molecular weight is 301 g/mol. The molecule has 1 aliphatic rings. The molecular weight excluding hydrogens is 288 g/mol. The zero-order valence-electron chi connectivity index (χ0n) is 10.3. The Morgan fingerprint density at radius 3 is 2.74 bits per heavy atom. The zero-order chi connectivity index (χ0) is 14.2. The van der Waals surface area contributed by atoms with E-state index in [0.29, 0.717) is 15.9 Å². The van der Waals surface area contributed by atoms with Gasteiger partial charge < -0.3 is 15.5 Å². The summed E-state index contributed by atoms with van der Waals surface area (Å²) < 4.78 is -0.532. The molecule has 1 aliphatic heterocycles. The van der Waals surface area contributed by atoms with Gasteiger partial charge in [0.2, 0.25) is 0 Å². The minimum Gasteiger partial charge on any atom is -0.506 e. The Morgan fingerprint density at radius 2 is 2.21 bits per heavy atom. The number of aliphatic imine (C=N–C) groups is 1.